The minimum Gasteiger partial charge on any atom is -0.376 e. The normalized spacial score (nSPS) is 16.0. The molecule has 0 N–H and O–H groups in total. The smallest absolute Gasteiger partial charge is 0.222 e. The second-order valence-corrected chi connectivity index (χ2v) is 7.43. The Bertz CT molecular complexity index is 752. The monoisotopic (exact) mass is 379 g/mol. The number of carbonyl (C=O) groups excluding carboxylic acids is 2. The first-order valence-electron chi connectivity index (χ1n) is 10.1. The highest BCUT2D eigenvalue weighted by atomic mass is 16.5. The summed E-state index contributed by atoms with van der Waals surface area (Å²) in [6.07, 6.45) is 3.45. The standard InChI is InChI=1S/C24H29NO3/c1-28-24(20-11-6-3-7-12-20)21-15-17-25(18-16-21)23(27)14-8-13-22(26)19-9-4-2-5-10-19/h2-7,9-12,21,24H,8,13-18H2,1H3. The summed E-state index contributed by atoms with van der Waals surface area (Å²) in [7, 11) is 1.76. The minimum atomic E-state index is 0.0851. The molecule has 1 atom stereocenters. The van der Waals surface area contributed by atoms with Crippen LogP contribution in [0.1, 0.15) is 54.1 Å². The molecule has 4 nitrogen and oxygen atoms in total. The van der Waals surface area contributed by atoms with Crippen LogP contribution in [0.4, 0.5) is 0 Å². The van der Waals surface area contributed by atoms with Gasteiger partial charge in [-0.2, -0.15) is 0 Å². The Morgan fingerprint density at radius 2 is 1.57 bits per heavy atom. The average molecular weight is 380 g/mol. The lowest BCUT2D eigenvalue weighted by Crippen LogP contribution is -2.40. The van der Waals surface area contributed by atoms with Crippen LogP contribution in [0.5, 0.6) is 0 Å². The van der Waals surface area contributed by atoms with Crippen molar-refractivity contribution in [2.24, 2.45) is 5.92 Å². The van der Waals surface area contributed by atoms with Gasteiger partial charge in [0.2, 0.25) is 5.91 Å². The molecule has 1 aliphatic heterocycles. The van der Waals surface area contributed by atoms with Crippen LogP contribution in [0.3, 0.4) is 0 Å². The predicted molar refractivity (Wildman–Crippen MR) is 110 cm³/mol. The van der Waals surface area contributed by atoms with Gasteiger partial charge < -0.3 is 9.64 Å². The fourth-order valence-electron chi connectivity index (χ4n) is 4.02. The van der Waals surface area contributed by atoms with Gasteiger partial charge in [0, 0.05) is 38.6 Å². The van der Waals surface area contributed by atoms with Gasteiger partial charge in [-0.3, -0.25) is 9.59 Å². The lowest BCUT2D eigenvalue weighted by molar-refractivity contribution is -0.133. The Kier molecular flexibility index (Phi) is 7.38. The van der Waals surface area contributed by atoms with Gasteiger partial charge in [0.05, 0.1) is 6.10 Å². The third kappa shape index (κ3) is 5.29. The number of hydrogen-bond donors (Lipinski definition) is 0. The van der Waals surface area contributed by atoms with Gasteiger partial charge in [-0.15, -0.1) is 0 Å². The molecule has 1 heterocycles. The van der Waals surface area contributed by atoms with Crippen molar-refractivity contribution >= 4 is 11.7 Å². The Morgan fingerprint density at radius 3 is 2.18 bits per heavy atom. The zero-order valence-corrected chi connectivity index (χ0v) is 16.5. The third-order valence-electron chi connectivity index (χ3n) is 5.59. The van der Waals surface area contributed by atoms with Crippen molar-refractivity contribution in [1.29, 1.82) is 0 Å². The number of piperidine rings is 1. The molecule has 0 bridgehead atoms. The predicted octanol–water partition coefficient (Wildman–Crippen LogP) is 4.67. The van der Waals surface area contributed by atoms with E-state index in [1.165, 1.54) is 5.56 Å². The molecule has 0 spiro atoms. The number of rotatable bonds is 8. The summed E-state index contributed by atoms with van der Waals surface area (Å²) in [4.78, 5) is 26.6. The summed E-state index contributed by atoms with van der Waals surface area (Å²) in [5, 5.41) is 0. The van der Waals surface area contributed by atoms with Gasteiger partial charge in [0.1, 0.15) is 0 Å². The van der Waals surface area contributed by atoms with Gasteiger partial charge in [-0.05, 0) is 30.7 Å². The molecule has 1 saturated heterocycles. The first kappa shape index (κ1) is 20.3. The van der Waals surface area contributed by atoms with Gasteiger partial charge in [-0.1, -0.05) is 60.7 Å². The zero-order valence-electron chi connectivity index (χ0n) is 16.5. The van der Waals surface area contributed by atoms with Gasteiger partial charge in [0.25, 0.3) is 0 Å². The number of ketones is 1. The SMILES string of the molecule is COC(c1ccccc1)C1CCN(C(=O)CCCC(=O)c2ccccc2)CC1. The molecule has 1 fully saturated rings. The molecule has 1 amide bonds. The van der Waals surface area contributed by atoms with Crippen molar-refractivity contribution in [2.45, 2.75) is 38.2 Å². The summed E-state index contributed by atoms with van der Waals surface area (Å²) in [6.45, 7) is 1.53. The van der Waals surface area contributed by atoms with Crippen LogP contribution in [0.15, 0.2) is 60.7 Å². The first-order valence-corrected chi connectivity index (χ1v) is 10.1. The molecule has 0 aromatic heterocycles. The summed E-state index contributed by atoms with van der Waals surface area (Å²) < 4.78 is 5.76. The second kappa shape index (κ2) is 10.2. The topological polar surface area (TPSA) is 46.6 Å². The van der Waals surface area contributed by atoms with E-state index in [0.29, 0.717) is 25.2 Å². The number of nitrogens with zero attached hydrogens (tertiary/aromatic N) is 1. The molecule has 0 saturated carbocycles. The number of methoxy groups -OCH3 is 1. The third-order valence-corrected chi connectivity index (χ3v) is 5.59. The second-order valence-electron chi connectivity index (χ2n) is 7.43. The molecule has 148 valence electrons. The van der Waals surface area contributed by atoms with Crippen molar-refractivity contribution in [3.8, 4) is 0 Å². The molecule has 28 heavy (non-hydrogen) atoms. The number of carbonyl (C=O) groups is 2. The van der Waals surface area contributed by atoms with Gasteiger partial charge >= 0.3 is 0 Å². The summed E-state index contributed by atoms with van der Waals surface area (Å²) in [5.74, 6) is 0.696. The highest BCUT2D eigenvalue weighted by Crippen LogP contribution is 2.33. The van der Waals surface area contributed by atoms with E-state index in [9.17, 15) is 9.59 Å². The van der Waals surface area contributed by atoms with Crippen LogP contribution in [0, 0.1) is 5.92 Å². The zero-order chi connectivity index (χ0) is 19.8. The van der Waals surface area contributed by atoms with E-state index < -0.39 is 0 Å². The number of benzene rings is 2. The van der Waals surface area contributed by atoms with Crippen molar-refractivity contribution in [3.63, 3.8) is 0 Å². The molecule has 3 rings (SSSR count). The van der Waals surface area contributed by atoms with E-state index in [-0.39, 0.29) is 17.8 Å². The van der Waals surface area contributed by atoms with Gasteiger partial charge in [-0.25, -0.2) is 0 Å². The molecule has 0 aliphatic carbocycles. The Morgan fingerprint density at radius 1 is 0.964 bits per heavy atom. The number of hydrogen-bond acceptors (Lipinski definition) is 3. The van der Waals surface area contributed by atoms with E-state index in [4.69, 9.17) is 4.74 Å². The number of ether oxygens (including phenoxy) is 1. The van der Waals surface area contributed by atoms with Crippen molar-refractivity contribution in [3.05, 3.63) is 71.8 Å². The summed E-state index contributed by atoms with van der Waals surface area (Å²) in [6, 6.07) is 19.6. The molecular formula is C24H29NO3. The van der Waals surface area contributed by atoms with Crippen LogP contribution in [0.25, 0.3) is 0 Å². The first-order chi connectivity index (χ1) is 13.7. The van der Waals surface area contributed by atoms with Crippen LogP contribution < -0.4 is 0 Å². The van der Waals surface area contributed by atoms with Crippen molar-refractivity contribution in [1.82, 2.24) is 4.90 Å². The number of Topliss-reactive ketones (excluding diaryl/α,β-unsaturated/α-hetero) is 1. The molecule has 4 heteroatoms. The van der Waals surface area contributed by atoms with Gasteiger partial charge in [0.15, 0.2) is 5.78 Å². The average Bonchev–Trinajstić information content (AvgIpc) is 2.76. The maximum absolute atomic E-state index is 12.5. The molecule has 0 radical (unpaired) electrons. The van der Waals surface area contributed by atoms with E-state index in [1.54, 1.807) is 7.11 Å². The van der Waals surface area contributed by atoms with Crippen LogP contribution in [0.2, 0.25) is 0 Å². The summed E-state index contributed by atoms with van der Waals surface area (Å²) >= 11 is 0. The molecule has 2 aromatic carbocycles. The Balaban J connectivity index is 1.43. The van der Waals surface area contributed by atoms with E-state index in [2.05, 4.69) is 12.1 Å². The Labute approximate surface area is 167 Å². The largest absolute Gasteiger partial charge is 0.376 e. The van der Waals surface area contributed by atoms with Crippen LogP contribution in [-0.4, -0.2) is 36.8 Å². The minimum absolute atomic E-state index is 0.0851. The molecule has 1 unspecified atom stereocenters. The molecule has 1 aliphatic rings. The lowest BCUT2D eigenvalue weighted by atomic mass is 9.87. The molecule has 2 aromatic rings. The summed E-state index contributed by atoms with van der Waals surface area (Å²) in [5.41, 5.74) is 1.93. The Hall–Kier alpha value is -2.46. The van der Waals surface area contributed by atoms with E-state index in [1.807, 2.05) is 53.4 Å². The lowest BCUT2D eigenvalue weighted by Gasteiger charge is -2.35. The highest BCUT2D eigenvalue weighted by Gasteiger charge is 2.29. The number of amides is 1. The van der Waals surface area contributed by atoms with Crippen LogP contribution >= 0.6 is 0 Å². The van der Waals surface area contributed by atoms with Crippen molar-refractivity contribution < 1.29 is 14.3 Å². The molecular weight excluding hydrogens is 350 g/mol. The maximum Gasteiger partial charge on any atom is 0.222 e. The fraction of sp³-hybridized carbons (Fsp3) is 0.417. The fourth-order valence-corrected chi connectivity index (χ4v) is 4.02. The number of likely N-dealkylation sites (tertiary alicyclic amines) is 1. The van der Waals surface area contributed by atoms with E-state index in [0.717, 1.165) is 31.5 Å². The highest BCUT2D eigenvalue weighted by molar-refractivity contribution is 5.96. The van der Waals surface area contributed by atoms with Crippen LogP contribution in [-0.2, 0) is 9.53 Å². The maximum atomic E-state index is 12.5. The quantitative estimate of drug-likeness (QED) is 0.627. The van der Waals surface area contributed by atoms with Crippen molar-refractivity contribution in [2.75, 3.05) is 20.2 Å². The van der Waals surface area contributed by atoms with E-state index >= 15 is 0 Å².